The standard InChI is InChI=1S/C15H14IN5S/c16-11-7-17-8-18-14(11)19-9-5-10(6-9)20-15-21-12-3-1-2-4-13(12)22-15/h1-4,7-10H,5-6H2,(H,20,21)(H,17,18,19). The average molecular weight is 423 g/mol. The van der Waals surface area contributed by atoms with Crippen LogP contribution in [-0.2, 0) is 0 Å². The van der Waals surface area contributed by atoms with Gasteiger partial charge in [-0.15, -0.1) is 0 Å². The molecule has 0 amide bonds. The first-order valence-corrected chi connectivity index (χ1v) is 9.01. The smallest absolute Gasteiger partial charge is 0.184 e. The fraction of sp³-hybridized carbons (Fsp3) is 0.267. The van der Waals surface area contributed by atoms with Crippen LogP contribution in [0.4, 0.5) is 10.9 Å². The predicted octanol–water partition coefficient (Wildman–Crippen LogP) is 3.75. The summed E-state index contributed by atoms with van der Waals surface area (Å²) in [5.74, 6) is 0.930. The monoisotopic (exact) mass is 423 g/mol. The highest BCUT2D eigenvalue weighted by molar-refractivity contribution is 14.1. The number of anilines is 2. The van der Waals surface area contributed by atoms with E-state index in [9.17, 15) is 0 Å². The number of aromatic nitrogens is 3. The summed E-state index contributed by atoms with van der Waals surface area (Å²) in [6.45, 7) is 0. The van der Waals surface area contributed by atoms with Crippen LogP contribution < -0.4 is 10.6 Å². The molecule has 4 rings (SSSR count). The molecule has 0 radical (unpaired) electrons. The van der Waals surface area contributed by atoms with E-state index in [0.29, 0.717) is 12.1 Å². The normalized spacial score (nSPS) is 20.6. The summed E-state index contributed by atoms with van der Waals surface area (Å²) in [5, 5.41) is 8.02. The first kappa shape index (κ1) is 14.1. The third kappa shape index (κ3) is 2.87. The fourth-order valence-electron chi connectivity index (χ4n) is 2.57. The molecule has 2 aromatic heterocycles. The summed E-state index contributed by atoms with van der Waals surface area (Å²) in [6, 6.07) is 9.20. The number of para-hydroxylation sites is 1. The van der Waals surface area contributed by atoms with Crippen molar-refractivity contribution in [3.8, 4) is 0 Å². The Hall–Kier alpha value is -1.48. The highest BCUT2D eigenvalue weighted by Crippen LogP contribution is 2.31. The lowest BCUT2D eigenvalue weighted by molar-refractivity contribution is 0.396. The van der Waals surface area contributed by atoms with E-state index < -0.39 is 0 Å². The van der Waals surface area contributed by atoms with Crippen molar-refractivity contribution in [1.82, 2.24) is 15.0 Å². The van der Waals surface area contributed by atoms with Crippen molar-refractivity contribution >= 4 is 55.1 Å². The summed E-state index contributed by atoms with van der Waals surface area (Å²) >= 11 is 3.97. The molecule has 1 aliphatic rings. The third-order valence-electron chi connectivity index (χ3n) is 3.77. The SMILES string of the molecule is Ic1cncnc1NC1CC(Nc2nc3ccccc3s2)C1. The van der Waals surface area contributed by atoms with E-state index in [4.69, 9.17) is 0 Å². The minimum absolute atomic E-state index is 0.468. The van der Waals surface area contributed by atoms with E-state index in [1.54, 1.807) is 17.7 Å². The lowest BCUT2D eigenvalue weighted by atomic mass is 9.87. The topological polar surface area (TPSA) is 62.7 Å². The summed E-state index contributed by atoms with van der Waals surface area (Å²) in [6.07, 6.45) is 5.57. The van der Waals surface area contributed by atoms with Gasteiger partial charge in [0.1, 0.15) is 12.1 Å². The number of fused-ring (bicyclic) bond motifs is 1. The van der Waals surface area contributed by atoms with E-state index in [-0.39, 0.29) is 0 Å². The van der Waals surface area contributed by atoms with Crippen molar-refractivity contribution in [3.05, 3.63) is 40.4 Å². The van der Waals surface area contributed by atoms with Crippen LogP contribution in [0.5, 0.6) is 0 Å². The largest absolute Gasteiger partial charge is 0.366 e. The third-order valence-corrected chi connectivity index (χ3v) is 5.53. The molecule has 0 spiro atoms. The van der Waals surface area contributed by atoms with Gasteiger partial charge in [0.25, 0.3) is 0 Å². The quantitative estimate of drug-likeness (QED) is 0.626. The first-order chi connectivity index (χ1) is 10.8. The molecule has 2 N–H and O–H groups in total. The fourth-order valence-corrected chi connectivity index (χ4v) is 3.97. The Morgan fingerprint density at radius 3 is 2.77 bits per heavy atom. The van der Waals surface area contributed by atoms with Gasteiger partial charge in [-0.3, -0.25) is 0 Å². The molecule has 2 heterocycles. The molecule has 1 saturated carbocycles. The highest BCUT2D eigenvalue weighted by atomic mass is 127. The second kappa shape index (κ2) is 5.96. The van der Waals surface area contributed by atoms with Gasteiger partial charge in [0.15, 0.2) is 5.13 Å². The van der Waals surface area contributed by atoms with E-state index >= 15 is 0 Å². The van der Waals surface area contributed by atoms with Gasteiger partial charge >= 0.3 is 0 Å². The molecular formula is C15H14IN5S. The maximum absolute atomic E-state index is 4.62. The molecule has 112 valence electrons. The van der Waals surface area contributed by atoms with Crippen LogP contribution in [0.1, 0.15) is 12.8 Å². The Balaban J connectivity index is 1.35. The van der Waals surface area contributed by atoms with E-state index in [1.807, 2.05) is 12.3 Å². The van der Waals surface area contributed by atoms with Crippen LogP contribution in [0.2, 0.25) is 0 Å². The summed E-state index contributed by atoms with van der Waals surface area (Å²) in [4.78, 5) is 12.9. The van der Waals surface area contributed by atoms with Crippen LogP contribution in [0.15, 0.2) is 36.8 Å². The van der Waals surface area contributed by atoms with Gasteiger partial charge in [-0.05, 0) is 47.6 Å². The van der Waals surface area contributed by atoms with Gasteiger partial charge in [0.2, 0.25) is 0 Å². The lowest BCUT2D eigenvalue weighted by Gasteiger charge is -2.36. The van der Waals surface area contributed by atoms with Crippen molar-refractivity contribution in [2.45, 2.75) is 24.9 Å². The minimum Gasteiger partial charge on any atom is -0.366 e. The summed E-state index contributed by atoms with van der Waals surface area (Å²) in [5.41, 5.74) is 1.07. The van der Waals surface area contributed by atoms with E-state index in [2.05, 4.69) is 66.4 Å². The number of halogens is 1. The van der Waals surface area contributed by atoms with Crippen molar-refractivity contribution in [2.24, 2.45) is 0 Å². The molecule has 0 atom stereocenters. The van der Waals surface area contributed by atoms with Crippen LogP contribution >= 0.6 is 33.9 Å². The molecule has 0 bridgehead atoms. The molecule has 1 fully saturated rings. The second-order valence-corrected chi connectivity index (χ2v) is 7.55. The molecule has 1 aliphatic carbocycles. The Morgan fingerprint density at radius 1 is 1.14 bits per heavy atom. The second-order valence-electron chi connectivity index (χ2n) is 5.36. The van der Waals surface area contributed by atoms with Gasteiger partial charge < -0.3 is 10.6 Å². The molecule has 0 saturated heterocycles. The van der Waals surface area contributed by atoms with Gasteiger partial charge in [0.05, 0.1) is 13.8 Å². The maximum Gasteiger partial charge on any atom is 0.184 e. The van der Waals surface area contributed by atoms with Crippen molar-refractivity contribution < 1.29 is 0 Å². The van der Waals surface area contributed by atoms with E-state index in [0.717, 1.165) is 32.9 Å². The first-order valence-electron chi connectivity index (χ1n) is 7.12. The lowest BCUT2D eigenvalue weighted by Crippen LogP contribution is -2.43. The van der Waals surface area contributed by atoms with Crippen LogP contribution in [0.3, 0.4) is 0 Å². The van der Waals surface area contributed by atoms with Gasteiger partial charge in [0, 0.05) is 18.3 Å². The maximum atomic E-state index is 4.62. The number of nitrogens with one attached hydrogen (secondary N) is 2. The number of nitrogens with zero attached hydrogens (tertiary/aromatic N) is 3. The molecular weight excluding hydrogens is 409 g/mol. The van der Waals surface area contributed by atoms with Gasteiger partial charge in [-0.2, -0.15) is 0 Å². The molecule has 7 heteroatoms. The Labute approximate surface area is 145 Å². The Morgan fingerprint density at radius 2 is 1.95 bits per heavy atom. The number of benzene rings is 1. The minimum atomic E-state index is 0.468. The Kier molecular flexibility index (Phi) is 3.83. The van der Waals surface area contributed by atoms with Crippen LogP contribution in [0.25, 0.3) is 10.2 Å². The van der Waals surface area contributed by atoms with Crippen molar-refractivity contribution in [2.75, 3.05) is 10.6 Å². The summed E-state index contributed by atoms with van der Waals surface area (Å²) < 4.78 is 2.29. The number of hydrogen-bond donors (Lipinski definition) is 2. The molecule has 0 unspecified atom stereocenters. The van der Waals surface area contributed by atoms with E-state index in [1.165, 1.54) is 4.70 Å². The molecule has 0 aliphatic heterocycles. The average Bonchev–Trinajstić information content (AvgIpc) is 2.89. The summed E-state index contributed by atoms with van der Waals surface area (Å²) in [7, 11) is 0. The number of thiazole rings is 1. The number of rotatable bonds is 4. The molecule has 5 nitrogen and oxygen atoms in total. The molecule has 3 aromatic rings. The van der Waals surface area contributed by atoms with Gasteiger partial charge in [-0.25, -0.2) is 15.0 Å². The Bertz CT molecular complexity index is 766. The van der Waals surface area contributed by atoms with Gasteiger partial charge in [-0.1, -0.05) is 23.5 Å². The predicted molar refractivity (Wildman–Crippen MR) is 98.4 cm³/mol. The zero-order valence-corrected chi connectivity index (χ0v) is 14.6. The van der Waals surface area contributed by atoms with Crippen molar-refractivity contribution in [3.63, 3.8) is 0 Å². The number of hydrogen-bond acceptors (Lipinski definition) is 6. The molecule has 22 heavy (non-hydrogen) atoms. The zero-order chi connectivity index (χ0) is 14.9. The highest BCUT2D eigenvalue weighted by Gasteiger charge is 2.30. The molecule has 1 aromatic carbocycles. The van der Waals surface area contributed by atoms with Crippen molar-refractivity contribution in [1.29, 1.82) is 0 Å². The zero-order valence-electron chi connectivity index (χ0n) is 11.7. The van der Waals surface area contributed by atoms with Crippen LogP contribution in [-0.4, -0.2) is 27.0 Å². The van der Waals surface area contributed by atoms with Crippen LogP contribution in [0, 0.1) is 3.57 Å².